The van der Waals surface area contributed by atoms with E-state index >= 15 is 0 Å². The van der Waals surface area contributed by atoms with Gasteiger partial charge in [0.05, 0.1) is 11.8 Å². The van der Waals surface area contributed by atoms with Gasteiger partial charge in [-0.25, -0.2) is 12.7 Å². The molecule has 1 atom stereocenters. The van der Waals surface area contributed by atoms with E-state index in [9.17, 15) is 13.2 Å². The maximum Gasteiger partial charge on any atom is 0.223 e. The highest BCUT2D eigenvalue weighted by Crippen LogP contribution is 2.25. The van der Waals surface area contributed by atoms with Gasteiger partial charge in [-0.15, -0.1) is 0 Å². The van der Waals surface area contributed by atoms with Gasteiger partial charge < -0.3 is 5.32 Å². The van der Waals surface area contributed by atoms with E-state index in [-0.39, 0.29) is 23.6 Å². The van der Waals surface area contributed by atoms with Crippen molar-refractivity contribution in [1.82, 2.24) is 9.62 Å². The van der Waals surface area contributed by atoms with Crippen LogP contribution in [0.15, 0.2) is 48.5 Å². The van der Waals surface area contributed by atoms with Crippen molar-refractivity contribution in [1.29, 1.82) is 0 Å². The zero-order valence-corrected chi connectivity index (χ0v) is 18.9. The Balaban J connectivity index is 1.57. The van der Waals surface area contributed by atoms with Crippen LogP contribution >= 0.6 is 0 Å². The van der Waals surface area contributed by atoms with E-state index in [0.29, 0.717) is 25.9 Å². The minimum absolute atomic E-state index is 0.00931. The van der Waals surface area contributed by atoms with E-state index in [1.54, 1.807) is 0 Å². The van der Waals surface area contributed by atoms with Gasteiger partial charge in [-0.1, -0.05) is 55.5 Å². The van der Waals surface area contributed by atoms with E-state index in [1.165, 1.54) is 15.4 Å². The molecule has 1 unspecified atom stereocenters. The molecule has 1 saturated heterocycles. The van der Waals surface area contributed by atoms with E-state index in [0.717, 1.165) is 17.5 Å². The van der Waals surface area contributed by atoms with Gasteiger partial charge in [-0.05, 0) is 55.4 Å². The number of aryl methyl sites for hydroxylation is 2. The molecular formula is C24H32N2O3S. The van der Waals surface area contributed by atoms with Crippen LogP contribution in [0, 0.1) is 19.8 Å². The summed E-state index contributed by atoms with van der Waals surface area (Å²) in [5.41, 5.74) is 4.37. The quantitative estimate of drug-likeness (QED) is 0.722. The molecule has 1 amide bonds. The Morgan fingerprint density at radius 2 is 1.73 bits per heavy atom. The molecule has 1 fully saturated rings. The van der Waals surface area contributed by atoms with Crippen LogP contribution in [0.25, 0.3) is 0 Å². The number of nitrogens with one attached hydrogen (secondary N) is 1. The monoisotopic (exact) mass is 428 g/mol. The van der Waals surface area contributed by atoms with Gasteiger partial charge in [0.1, 0.15) is 0 Å². The molecule has 162 valence electrons. The highest BCUT2D eigenvalue weighted by atomic mass is 32.2. The molecule has 0 spiro atoms. The molecule has 0 aliphatic carbocycles. The van der Waals surface area contributed by atoms with Crippen molar-refractivity contribution in [3.8, 4) is 0 Å². The molecule has 30 heavy (non-hydrogen) atoms. The summed E-state index contributed by atoms with van der Waals surface area (Å²) < 4.78 is 27.0. The van der Waals surface area contributed by atoms with Crippen LogP contribution in [-0.4, -0.2) is 31.7 Å². The maximum atomic E-state index is 12.9. The van der Waals surface area contributed by atoms with Crippen LogP contribution in [0.5, 0.6) is 0 Å². The Morgan fingerprint density at radius 3 is 2.33 bits per heavy atom. The third-order valence-electron chi connectivity index (χ3n) is 6.07. The van der Waals surface area contributed by atoms with Crippen molar-refractivity contribution >= 4 is 15.9 Å². The van der Waals surface area contributed by atoms with E-state index < -0.39 is 10.0 Å². The molecule has 1 N–H and O–H groups in total. The fourth-order valence-electron chi connectivity index (χ4n) is 3.96. The van der Waals surface area contributed by atoms with Crippen LogP contribution in [0.2, 0.25) is 0 Å². The topological polar surface area (TPSA) is 66.5 Å². The summed E-state index contributed by atoms with van der Waals surface area (Å²) in [5.74, 6) is -0.107. The summed E-state index contributed by atoms with van der Waals surface area (Å²) >= 11 is 0. The number of nitrogens with zero attached hydrogens (tertiary/aromatic N) is 1. The molecule has 1 aliphatic rings. The average Bonchev–Trinajstić information content (AvgIpc) is 2.74. The highest BCUT2D eigenvalue weighted by Gasteiger charge is 2.31. The maximum absolute atomic E-state index is 12.9. The predicted molar refractivity (Wildman–Crippen MR) is 120 cm³/mol. The van der Waals surface area contributed by atoms with Crippen LogP contribution in [0.1, 0.15) is 54.5 Å². The minimum Gasteiger partial charge on any atom is -0.349 e. The molecule has 2 aromatic rings. The molecule has 5 nitrogen and oxygen atoms in total. The van der Waals surface area contributed by atoms with Gasteiger partial charge in [-0.3, -0.25) is 4.79 Å². The molecule has 0 bridgehead atoms. The van der Waals surface area contributed by atoms with Crippen molar-refractivity contribution < 1.29 is 13.2 Å². The summed E-state index contributed by atoms with van der Waals surface area (Å²) in [6.45, 7) is 7.03. The molecule has 2 aromatic carbocycles. The number of carbonyl (C=O) groups excluding carboxylic acids is 1. The average molecular weight is 429 g/mol. The van der Waals surface area contributed by atoms with E-state index in [4.69, 9.17) is 0 Å². The highest BCUT2D eigenvalue weighted by molar-refractivity contribution is 7.88. The first-order valence-electron chi connectivity index (χ1n) is 10.7. The lowest BCUT2D eigenvalue weighted by Crippen LogP contribution is -2.44. The van der Waals surface area contributed by atoms with Gasteiger partial charge in [0.25, 0.3) is 0 Å². The second-order valence-electron chi connectivity index (χ2n) is 8.23. The fraction of sp³-hybridized carbons (Fsp3) is 0.458. The number of hydrogen-bond acceptors (Lipinski definition) is 3. The number of benzene rings is 2. The summed E-state index contributed by atoms with van der Waals surface area (Å²) in [5, 5.41) is 3.19. The minimum atomic E-state index is -3.36. The lowest BCUT2D eigenvalue weighted by molar-refractivity contribution is -0.126. The molecule has 1 aliphatic heterocycles. The number of amides is 1. The Bertz CT molecular complexity index is 965. The van der Waals surface area contributed by atoms with Crippen LogP contribution in [0.3, 0.4) is 0 Å². The number of sulfonamides is 1. The van der Waals surface area contributed by atoms with Gasteiger partial charge in [-0.2, -0.15) is 0 Å². The van der Waals surface area contributed by atoms with Crippen molar-refractivity contribution in [2.45, 2.75) is 51.8 Å². The molecule has 6 heteroatoms. The van der Waals surface area contributed by atoms with Crippen molar-refractivity contribution in [2.75, 3.05) is 13.1 Å². The van der Waals surface area contributed by atoms with E-state index in [1.807, 2.05) is 30.3 Å². The Labute approximate surface area is 180 Å². The SMILES string of the molecule is CCC(NC(=O)C1CCN(S(=O)(=O)Cc2ccccc2)CC1)c1ccc(C)c(C)c1. The van der Waals surface area contributed by atoms with Crippen molar-refractivity contribution in [3.63, 3.8) is 0 Å². The molecular weight excluding hydrogens is 396 g/mol. The second-order valence-corrected chi connectivity index (χ2v) is 10.2. The first kappa shape index (κ1) is 22.5. The number of carbonyl (C=O) groups is 1. The van der Waals surface area contributed by atoms with E-state index in [2.05, 4.69) is 44.3 Å². The molecule has 0 radical (unpaired) electrons. The predicted octanol–water partition coefficient (Wildman–Crippen LogP) is 4.11. The lowest BCUT2D eigenvalue weighted by atomic mass is 9.95. The van der Waals surface area contributed by atoms with Gasteiger partial charge >= 0.3 is 0 Å². The standard InChI is InChI=1S/C24H32N2O3S/c1-4-23(22-11-10-18(2)19(3)16-22)25-24(27)21-12-14-26(15-13-21)30(28,29)17-20-8-6-5-7-9-20/h5-11,16,21,23H,4,12-15,17H2,1-3H3,(H,25,27). The van der Waals surface area contributed by atoms with Crippen molar-refractivity contribution in [3.05, 3.63) is 70.8 Å². The number of piperidine rings is 1. The second kappa shape index (κ2) is 9.75. The van der Waals surface area contributed by atoms with Crippen LogP contribution in [-0.2, 0) is 20.6 Å². The Kier molecular flexibility index (Phi) is 7.32. The lowest BCUT2D eigenvalue weighted by Gasteiger charge is -2.31. The molecule has 3 rings (SSSR count). The third-order valence-corrected chi connectivity index (χ3v) is 7.92. The van der Waals surface area contributed by atoms with Gasteiger partial charge in [0, 0.05) is 19.0 Å². The van der Waals surface area contributed by atoms with Gasteiger partial charge in [0.2, 0.25) is 15.9 Å². The van der Waals surface area contributed by atoms with Crippen LogP contribution < -0.4 is 5.32 Å². The first-order chi connectivity index (χ1) is 14.3. The molecule has 1 heterocycles. The smallest absolute Gasteiger partial charge is 0.223 e. The van der Waals surface area contributed by atoms with Gasteiger partial charge in [0.15, 0.2) is 0 Å². The van der Waals surface area contributed by atoms with Crippen molar-refractivity contribution in [2.24, 2.45) is 5.92 Å². The normalized spacial score (nSPS) is 16.9. The summed E-state index contributed by atoms with van der Waals surface area (Å²) in [6.07, 6.45) is 1.94. The molecule has 0 aromatic heterocycles. The summed E-state index contributed by atoms with van der Waals surface area (Å²) in [6, 6.07) is 15.5. The largest absolute Gasteiger partial charge is 0.349 e. The zero-order chi connectivity index (χ0) is 21.7. The Morgan fingerprint density at radius 1 is 1.07 bits per heavy atom. The zero-order valence-electron chi connectivity index (χ0n) is 18.1. The van der Waals surface area contributed by atoms with Crippen LogP contribution in [0.4, 0.5) is 0 Å². The number of hydrogen-bond donors (Lipinski definition) is 1. The molecule has 0 saturated carbocycles. The number of rotatable bonds is 7. The fourth-order valence-corrected chi connectivity index (χ4v) is 5.53. The first-order valence-corrected chi connectivity index (χ1v) is 12.3. The summed E-state index contributed by atoms with van der Waals surface area (Å²) in [7, 11) is -3.36. The summed E-state index contributed by atoms with van der Waals surface area (Å²) in [4.78, 5) is 12.9. The third kappa shape index (κ3) is 5.49. The Hall–Kier alpha value is -2.18.